The highest BCUT2D eigenvalue weighted by Crippen LogP contribution is 2.27. The second-order valence-corrected chi connectivity index (χ2v) is 7.25. The number of carbonyl (C=O) groups is 1. The molecular formula is C21H31N5O4. The summed E-state index contributed by atoms with van der Waals surface area (Å²) in [4.78, 5) is 23.1. The average molecular weight is 418 g/mol. The quantitative estimate of drug-likeness (QED) is 0.510. The van der Waals surface area contributed by atoms with Crippen LogP contribution in [0.25, 0.3) is 0 Å². The molecule has 2 amide bonds. The van der Waals surface area contributed by atoms with Gasteiger partial charge in [-0.2, -0.15) is 4.98 Å². The van der Waals surface area contributed by atoms with E-state index in [-0.39, 0.29) is 12.1 Å². The Morgan fingerprint density at radius 3 is 2.57 bits per heavy atom. The van der Waals surface area contributed by atoms with E-state index in [1.807, 2.05) is 13.8 Å². The highest BCUT2D eigenvalue weighted by atomic mass is 16.5. The lowest BCUT2D eigenvalue weighted by Gasteiger charge is -2.27. The molecule has 0 bridgehead atoms. The number of methoxy groups -OCH3 is 1. The molecule has 0 unspecified atom stereocenters. The zero-order valence-electron chi connectivity index (χ0n) is 18.2. The van der Waals surface area contributed by atoms with Gasteiger partial charge >= 0.3 is 6.03 Å². The Kier molecular flexibility index (Phi) is 8.37. The standard InChI is InChI=1S/C21H31N5O4/c1-6-30-17-9-7-16(8-10-17)26(20(27)23-13-14-29-5)18-11-12-22-19(25-18)24-15(2)21(3,4)28/h7-12,15,28H,6,13-14H2,1-5H3,(H,23,27)(H,22,24,25)/t15-/m0/s1. The number of hydrogen-bond acceptors (Lipinski definition) is 7. The summed E-state index contributed by atoms with van der Waals surface area (Å²) in [6.45, 7) is 8.44. The third kappa shape index (κ3) is 6.57. The van der Waals surface area contributed by atoms with E-state index in [9.17, 15) is 9.90 Å². The van der Waals surface area contributed by atoms with Gasteiger partial charge < -0.3 is 25.2 Å². The molecule has 2 rings (SSSR count). The maximum absolute atomic E-state index is 12.9. The summed E-state index contributed by atoms with van der Waals surface area (Å²) < 4.78 is 10.5. The number of nitrogens with one attached hydrogen (secondary N) is 2. The maximum atomic E-state index is 12.9. The molecule has 9 heteroatoms. The Bertz CT molecular complexity index is 808. The molecule has 1 aromatic heterocycles. The summed E-state index contributed by atoms with van der Waals surface area (Å²) in [6.07, 6.45) is 1.56. The van der Waals surface area contributed by atoms with Gasteiger partial charge in [-0.1, -0.05) is 0 Å². The SMILES string of the molecule is CCOc1ccc(N(C(=O)NCCOC)c2ccnc(N[C@@H](C)C(C)(C)O)n2)cc1. The smallest absolute Gasteiger partial charge is 0.327 e. The van der Waals surface area contributed by atoms with Gasteiger partial charge in [-0.3, -0.25) is 0 Å². The minimum absolute atomic E-state index is 0.304. The summed E-state index contributed by atoms with van der Waals surface area (Å²) in [5.74, 6) is 1.40. The Balaban J connectivity index is 2.34. The molecule has 0 spiro atoms. The van der Waals surface area contributed by atoms with Gasteiger partial charge in [-0.25, -0.2) is 14.7 Å². The fraction of sp³-hybridized carbons (Fsp3) is 0.476. The van der Waals surface area contributed by atoms with Gasteiger partial charge in [0.1, 0.15) is 11.6 Å². The first kappa shape index (κ1) is 23.4. The van der Waals surface area contributed by atoms with Crippen LogP contribution in [0.15, 0.2) is 36.5 Å². The molecule has 0 aliphatic heterocycles. The highest BCUT2D eigenvalue weighted by Gasteiger charge is 2.24. The number of aromatic nitrogens is 2. The third-order valence-electron chi connectivity index (χ3n) is 4.47. The lowest BCUT2D eigenvalue weighted by atomic mass is 10.0. The molecule has 3 N–H and O–H groups in total. The summed E-state index contributed by atoms with van der Waals surface area (Å²) >= 11 is 0. The normalized spacial score (nSPS) is 12.2. The molecule has 1 heterocycles. The van der Waals surface area contributed by atoms with Crippen molar-refractivity contribution in [3.63, 3.8) is 0 Å². The summed E-state index contributed by atoms with van der Waals surface area (Å²) in [6, 6.07) is 8.16. The average Bonchev–Trinajstić information content (AvgIpc) is 2.69. The van der Waals surface area contributed by atoms with Gasteiger partial charge in [0.15, 0.2) is 0 Å². The Morgan fingerprint density at radius 1 is 1.27 bits per heavy atom. The minimum atomic E-state index is -0.967. The predicted molar refractivity (Wildman–Crippen MR) is 116 cm³/mol. The molecule has 1 aromatic carbocycles. The monoisotopic (exact) mass is 417 g/mol. The zero-order chi connectivity index (χ0) is 22.1. The molecule has 1 atom stereocenters. The largest absolute Gasteiger partial charge is 0.494 e. The number of carbonyl (C=O) groups excluding carboxylic acids is 1. The van der Waals surface area contributed by atoms with Crippen LogP contribution in [0.2, 0.25) is 0 Å². The van der Waals surface area contributed by atoms with Crippen molar-refractivity contribution >= 4 is 23.5 Å². The number of aliphatic hydroxyl groups is 1. The van der Waals surface area contributed by atoms with Crippen molar-refractivity contribution in [1.29, 1.82) is 0 Å². The van der Waals surface area contributed by atoms with Crippen LogP contribution in [-0.4, -0.2) is 59.6 Å². The fourth-order valence-electron chi connectivity index (χ4n) is 2.46. The molecule has 2 aromatic rings. The molecule has 0 aliphatic rings. The van der Waals surface area contributed by atoms with Crippen LogP contribution in [0.4, 0.5) is 22.2 Å². The first-order valence-corrected chi connectivity index (χ1v) is 9.88. The molecule has 30 heavy (non-hydrogen) atoms. The number of nitrogens with zero attached hydrogens (tertiary/aromatic N) is 3. The topological polar surface area (TPSA) is 109 Å². The lowest BCUT2D eigenvalue weighted by Crippen LogP contribution is -2.40. The lowest BCUT2D eigenvalue weighted by molar-refractivity contribution is 0.0646. The van der Waals surface area contributed by atoms with Crippen molar-refractivity contribution in [3.8, 4) is 5.75 Å². The molecule has 164 valence electrons. The van der Waals surface area contributed by atoms with E-state index < -0.39 is 5.60 Å². The summed E-state index contributed by atoms with van der Waals surface area (Å²) in [5, 5.41) is 16.1. The van der Waals surface area contributed by atoms with Crippen LogP contribution in [0, 0.1) is 0 Å². The fourth-order valence-corrected chi connectivity index (χ4v) is 2.46. The van der Waals surface area contributed by atoms with Crippen molar-refractivity contribution < 1.29 is 19.4 Å². The van der Waals surface area contributed by atoms with Gasteiger partial charge in [-0.05, 0) is 52.0 Å². The van der Waals surface area contributed by atoms with Crippen LogP contribution in [0.1, 0.15) is 27.7 Å². The maximum Gasteiger partial charge on any atom is 0.327 e. The second kappa shape index (κ2) is 10.7. The first-order chi connectivity index (χ1) is 14.3. The van der Waals surface area contributed by atoms with E-state index in [4.69, 9.17) is 9.47 Å². The van der Waals surface area contributed by atoms with Crippen LogP contribution >= 0.6 is 0 Å². The number of anilines is 3. The number of amides is 2. The van der Waals surface area contributed by atoms with E-state index in [2.05, 4.69) is 20.6 Å². The highest BCUT2D eigenvalue weighted by molar-refractivity contribution is 5.98. The second-order valence-electron chi connectivity index (χ2n) is 7.25. The van der Waals surface area contributed by atoms with Crippen molar-refractivity contribution in [3.05, 3.63) is 36.5 Å². The molecule has 0 aliphatic carbocycles. The van der Waals surface area contributed by atoms with Crippen LogP contribution in [-0.2, 0) is 4.74 Å². The van der Waals surface area contributed by atoms with E-state index in [1.54, 1.807) is 57.5 Å². The third-order valence-corrected chi connectivity index (χ3v) is 4.47. The molecule has 0 saturated heterocycles. The minimum Gasteiger partial charge on any atom is -0.494 e. The van der Waals surface area contributed by atoms with Gasteiger partial charge in [-0.15, -0.1) is 0 Å². The molecule has 0 radical (unpaired) electrons. The Morgan fingerprint density at radius 2 is 1.97 bits per heavy atom. The van der Waals surface area contributed by atoms with E-state index in [0.717, 1.165) is 0 Å². The van der Waals surface area contributed by atoms with Crippen molar-refractivity contribution in [2.45, 2.75) is 39.3 Å². The van der Waals surface area contributed by atoms with E-state index in [0.29, 0.717) is 43.0 Å². The zero-order valence-corrected chi connectivity index (χ0v) is 18.2. The van der Waals surface area contributed by atoms with Crippen LogP contribution in [0.3, 0.4) is 0 Å². The van der Waals surface area contributed by atoms with Crippen LogP contribution in [0.5, 0.6) is 5.75 Å². The van der Waals surface area contributed by atoms with Gasteiger partial charge in [0.05, 0.1) is 30.5 Å². The molecule has 0 saturated carbocycles. The van der Waals surface area contributed by atoms with E-state index in [1.165, 1.54) is 4.90 Å². The number of benzene rings is 1. The molecular weight excluding hydrogens is 386 g/mol. The Labute approximate surface area is 177 Å². The number of ether oxygens (including phenoxy) is 2. The van der Waals surface area contributed by atoms with Gasteiger partial charge in [0, 0.05) is 25.9 Å². The molecule has 9 nitrogen and oxygen atoms in total. The number of rotatable bonds is 10. The first-order valence-electron chi connectivity index (χ1n) is 9.88. The molecule has 0 fully saturated rings. The van der Waals surface area contributed by atoms with Crippen molar-refractivity contribution in [1.82, 2.24) is 15.3 Å². The number of urea groups is 1. The van der Waals surface area contributed by atoms with E-state index >= 15 is 0 Å². The Hall–Kier alpha value is -2.91. The summed E-state index contributed by atoms with van der Waals surface area (Å²) in [5.41, 5.74) is -0.348. The summed E-state index contributed by atoms with van der Waals surface area (Å²) in [7, 11) is 1.57. The van der Waals surface area contributed by atoms with Crippen molar-refractivity contribution in [2.24, 2.45) is 0 Å². The van der Waals surface area contributed by atoms with Gasteiger partial charge in [0.2, 0.25) is 5.95 Å². The van der Waals surface area contributed by atoms with Gasteiger partial charge in [0.25, 0.3) is 0 Å². The van der Waals surface area contributed by atoms with Crippen LogP contribution < -0.4 is 20.3 Å². The predicted octanol–water partition coefficient (Wildman–Crippen LogP) is 2.94. The number of hydrogen-bond donors (Lipinski definition) is 3. The van der Waals surface area contributed by atoms with Crippen molar-refractivity contribution in [2.75, 3.05) is 37.1 Å².